The molecule has 0 N–H and O–H groups in total. The molecule has 0 spiro atoms. The third-order valence-corrected chi connectivity index (χ3v) is 5.67. The molecule has 0 aliphatic carbocycles. The average Bonchev–Trinajstić information content (AvgIpc) is 2.84. The first-order valence-electron chi connectivity index (χ1n) is 10.8. The molecule has 0 unspecified atom stereocenters. The van der Waals surface area contributed by atoms with Crippen LogP contribution in [0.1, 0.15) is 60.3 Å². The molecule has 0 bridgehead atoms. The second kappa shape index (κ2) is 15.6. The minimum atomic E-state index is -4.08. The van der Waals surface area contributed by atoms with Gasteiger partial charge in [0.15, 0.2) is 6.29 Å². The Morgan fingerprint density at radius 1 is 0.730 bits per heavy atom. The number of hydrogen-bond acceptors (Lipinski definition) is 8. The van der Waals surface area contributed by atoms with Gasteiger partial charge in [0.2, 0.25) is 0 Å². The van der Waals surface area contributed by atoms with Crippen molar-refractivity contribution in [1.82, 2.24) is 0 Å². The van der Waals surface area contributed by atoms with E-state index in [-0.39, 0.29) is 39.0 Å². The van der Waals surface area contributed by atoms with Crippen LogP contribution in [0, 0.1) is 0 Å². The first kappa shape index (κ1) is 34.4. The van der Waals surface area contributed by atoms with Crippen molar-refractivity contribution >= 4 is 18.2 Å². The van der Waals surface area contributed by atoms with Gasteiger partial charge in [0.1, 0.15) is 5.97 Å². The van der Waals surface area contributed by atoms with Gasteiger partial charge in [-0.3, -0.25) is 4.79 Å². The van der Waals surface area contributed by atoms with Gasteiger partial charge in [-0.2, -0.15) is 0 Å². The zero-order valence-corrected chi connectivity index (χ0v) is 24.0. The summed E-state index contributed by atoms with van der Waals surface area (Å²) in [7, 11) is 0. The number of benzene rings is 3. The van der Waals surface area contributed by atoms with Crippen molar-refractivity contribution in [2.75, 3.05) is 0 Å². The standard InChI is InChI=1S/C25H26O2.C2H2O3.3O.2Ti/c1-24(2,18-12-7-5-8-13-18)21-17-11-16-20(23(26)27)22(21)25(3,4)19-14-9-6-10-15-19;3-1-2(4)5;;;;;/h5-17H,1-4H3,(H,26,27);1H,(H,4,5);;;;;/q;;;2*-1;;+4/p-2. The molecule has 0 saturated carbocycles. The number of carbonyl (C=O) groups excluding carboxylic acids is 3. The van der Waals surface area contributed by atoms with Gasteiger partial charge < -0.3 is 19.8 Å². The number of aliphatic carboxylic acids is 1. The molecule has 0 saturated heterocycles. The molecule has 3 aromatic carbocycles. The molecule has 0 aliphatic rings. The van der Waals surface area contributed by atoms with Gasteiger partial charge in [-0.1, -0.05) is 107 Å². The summed E-state index contributed by atoms with van der Waals surface area (Å²) in [6.45, 7) is 8.44. The largest absolute Gasteiger partial charge is 4.00 e. The van der Waals surface area contributed by atoms with Crippen LogP contribution in [0.3, 0.4) is 0 Å². The maximum absolute atomic E-state index is 12.0. The van der Waals surface area contributed by atoms with Crippen molar-refractivity contribution in [2.45, 2.75) is 38.5 Å². The van der Waals surface area contributed by atoms with Crippen LogP contribution < -0.4 is 17.6 Å². The molecule has 10 heteroatoms. The van der Waals surface area contributed by atoms with E-state index < -0.39 is 36.0 Å². The molecule has 0 atom stereocenters. The summed E-state index contributed by atoms with van der Waals surface area (Å²) in [5, 5.41) is 20.9. The predicted octanol–water partition coefficient (Wildman–Crippen LogP) is 0.135. The van der Waals surface area contributed by atoms with Crippen LogP contribution >= 0.6 is 0 Å². The van der Waals surface area contributed by atoms with Crippen molar-refractivity contribution in [3.05, 3.63) is 107 Å². The Bertz CT molecular complexity index is 1190. The van der Waals surface area contributed by atoms with E-state index in [0.717, 1.165) is 22.3 Å². The number of aldehydes is 1. The van der Waals surface area contributed by atoms with Crippen LogP contribution in [-0.2, 0) is 64.1 Å². The Kier molecular flexibility index (Phi) is 14.5. The number of carbonyl (C=O) groups is 3. The summed E-state index contributed by atoms with van der Waals surface area (Å²) < 4.78 is 25.8. The summed E-state index contributed by atoms with van der Waals surface area (Å²) in [5.41, 5.74) is 3.45. The molecular weight excluding hydrogens is 548 g/mol. The van der Waals surface area contributed by atoms with E-state index in [9.17, 15) is 9.90 Å². The summed E-state index contributed by atoms with van der Waals surface area (Å²) in [4.78, 5) is 29.7. The van der Waals surface area contributed by atoms with Crippen LogP contribution in [0.5, 0.6) is 0 Å². The molecule has 0 heterocycles. The van der Waals surface area contributed by atoms with Gasteiger partial charge in [0, 0.05) is 16.4 Å². The Morgan fingerprint density at radius 3 is 1.46 bits per heavy atom. The molecule has 190 valence electrons. The van der Waals surface area contributed by atoms with Gasteiger partial charge in [0.05, 0.1) is 5.97 Å². The molecule has 0 aromatic heterocycles. The summed E-state index contributed by atoms with van der Waals surface area (Å²) >= 11 is -4.08. The van der Waals surface area contributed by atoms with Gasteiger partial charge >= 0.3 is 51.0 Å². The van der Waals surface area contributed by atoms with E-state index in [1.807, 2.05) is 60.7 Å². The maximum Gasteiger partial charge on any atom is 4.00 e. The Hall–Kier alpha value is -2.58. The third-order valence-electron chi connectivity index (χ3n) is 5.67. The molecule has 3 aromatic rings. The molecule has 0 radical (unpaired) electrons. The van der Waals surface area contributed by atoms with Crippen molar-refractivity contribution in [3.63, 3.8) is 0 Å². The van der Waals surface area contributed by atoms with E-state index >= 15 is 0 Å². The Balaban J connectivity index is 0.00000112. The van der Waals surface area contributed by atoms with Crippen LogP contribution in [0.2, 0.25) is 0 Å². The fourth-order valence-electron chi connectivity index (χ4n) is 3.93. The van der Waals surface area contributed by atoms with Crippen molar-refractivity contribution in [3.8, 4) is 0 Å². The van der Waals surface area contributed by atoms with Crippen LogP contribution in [0.25, 0.3) is 0 Å². The van der Waals surface area contributed by atoms with Crippen LogP contribution in [0.4, 0.5) is 0 Å². The van der Waals surface area contributed by atoms with Crippen LogP contribution in [0.15, 0.2) is 78.9 Å². The first-order valence-corrected chi connectivity index (χ1v) is 12.7. The quantitative estimate of drug-likeness (QED) is 0.228. The summed E-state index contributed by atoms with van der Waals surface area (Å²) in [5.74, 6) is -2.82. The number of carboxylic acids is 2. The number of rotatable bonds is 6. The fraction of sp³-hybridized carbons (Fsp3) is 0.222. The van der Waals surface area contributed by atoms with Crippen molar-refractivity contribution in [1.29, 1.82) is 0 Å². The summed E-state index contributed by atoms with van der Waals surface area (Å²) in [6, 6.07) is 25.7. The topological polar surface area (TPSA) is 161 Å². The molecule has 0 aliphatic heterocycles. The number of aromatic carboxylic acids is 1. The minimum absolute atomic E-state index is 0. The Morgan fingerprint density at radius 2 is 1.11 bits per heavy atom. The van der Waals surface area contributed by atoms with Gasteiger partial charge in [0.25, 0.3) is 0 Å². The zero-order chi connectivity index (χ0) is 27.5. The molecule has 0 amide bonds. The van der Waals surface area contributed by atoms with Crippen molar-refractivity contribution < 1.29 is 75.6 Å². The smallest absolute Gasteiger partial charge is 4.00 e. The van der Waals surface area contributed by atoms with E-state index in [2.05, 4.69) is 39.8 Å². The number of carboxylic acid groups (broad SMARTS) is 2. The molecule has 0 fully saturated rings. The average molecular weight is 574 g/mol. The Labute approximate surface area is 238 Å². The molecule has 3 rings (SSSR count). The van der Waals surface area contributed by atoms with Gasteiger partial charge in [-0.15, -0.1) is 0 Å². The monoisotopic (exact) mass is 574 g/mol. The van der Waals surface area contributed by atoms with E-state index in [4.69, 9.17) is 25.4 Å². The maximum atomic E-state index is 12.0. The second-order valence-corrected chi connectivity index (χ2v) is 9.47. The number of hydrogen-bond donors (Lipinski definition) is 0. The predicted molar refractivity (Wildman–Crippen MR) is 120 cm³/mol. The molecular formula is C27H26O8Ti2. The van der Waals surface area contributed by atoms with Gasteiger partial charge in [-0.05, 0) is 22.3 Å². The molecule has 37 heavy (non-hydrogen) atoms. The fourth-order valence-corrected chi connectivity index (χ4v) is 3.93. The van der Waals surface area contributed by atoms with E-state index in [1.54, 1.807) is 6.07 Å². The molecule has 8 nitrogen and oxygen atoms in total. The minimum Gasteiger partial charge on any atom is 4.00 e. The SMILES string of the molecule is CC(C)(c1ccccc1)c1cccc(C(=O)[O-])c1C(C)(C)c1ccccc1.O=CC(=O)[O-].[O]=[Ti]([O-])[O-].[Ti+4]. The van der Waals surface area contributed by atoms with Crippen molar-refractivity contribution in [2.24, 2.45) is 0 Å². The zero-order valence-electron chi connectivity index (χ0n) is 20.8. The van der Waals surface area contributed by atoms with E-state index in [1.165, 1.54) is 0 Å². The third kappa shape index (κ3) is 10.0. The summed E-state index contributed by atoms with van der Waals surface area (Å²) in [6.07, 6.45) is -0.278. The van der Waals surface area contributed by atoms with Gasteiger partial charge in [-0.25, -0.2) is 0 Å². The first-order chi connectivity index (χ1) is 16.8. The van der Waals surface area contributed by atoms with Crippen LogP contribution in [-0.4, -0.2) is 18.2 Å². The van der Waals surface area contributed by atoms with E-state index in [0.29, 0.717) is 0 Å². The second-order valence-electron chi connectivity index (χ2n) is 8.68. The normalized spacial score (nSPS) is 10.3.